The highest BCUT2D eigenvalue weighted by Crippen LogP contribution is 2.42. The predicted octanol–water partition coefficient (Wildman–Crippen LogP) is 2.81. The lowest BCUT2D eigenvalue weighted by molar-refractivity contribution is -0.139. The van der Waals surface area contributed by atoms with Gasteiger partial charge < -0.3 is 19.2 Å². The quantitative estimate of drug-likeness (QED) is 0.931. The number of methoxy groups -OCH3 is 1. The van der Waals surface area contributed by atoms with Crippen LogP contribution in [-0.4, -0.2) is 47.3 Å². The van der Waals surface area contributed by atoms with E-state index in [0.717, 1.165) is 41.4 Å². The van der Waals surface area contributed by atoms with Crippen molar-refractivity contribution in [2.75, 3.05) is 13.7 Å². The van der Waals surface area contributed by atoms with E-state index in [2.05, 4.69) is 0 Å². The SMILES string of the molecule is CO[C@@]12CC[C@H](O)C[C@@H]1N(C(=O)Cc1coc3cc(C)ccc13)CC2. The van der Waals surface area contributed by atoms with Crippen LogP contribution in [0.15, 0.2) is 28.9 Å². The highest BCUT2D eigenvalue weighted by Gasteiger charge is 2.52. The Kier molecular flexibility index (Phi) is 4.08. The number of amides is 1. The lowest BCUT2D eigenvalue weighted by atomic mass is 9.79. The van der Waals surface area contributed by atoms with Gasteiger partial charge in [0.05, 0.1) is 30.4 Å². The zero-order chi connectivity index (χ0) is 17.6. The van der Waals surface area contributed by atoms with Crippen LogP contribution < -0.4 is 0 Å². The fourth-order valence-corrected chi connectivity index (χ4v) is 4.57. The molecular weight excluding hydrogens is 318 g/mol. The first kappa shape index (κ1) is 16.6. The van der Waals surface area contributed by atoms with Crippen LogP contribution in [0, 0.1) is 6.92 Å². The number of carbonyl (C=O) groups is 1. The van der Waals surface area contributed by atoms with Crippen LogP contribution in [0.25, 0.3) is 11.0 Å². The second-order valence-electron chi connectivity index (χ2n) is 7.49. The summed E-state index contributed by atoms with van der Waals surface area (Å²) in [4.78, 5) is 14.9. The second kappa shape index (κ2) is 6.15. The summed E-state index contributed by atoms with van der Waals surface area (Å²) in [6.45, 7) is 2.72. The molecule has 0 radical (unpaired) electrons. The lowest BCUT2D eigenvalue weighted by Gasteiger charge is -2.42. The maximum absolute atomic E-state index is 13.0. The van der Waals surface area contributed by atoms with Crippen LogP contribution in [0.2, 0.25) is 0 Å². The van der Waals surface area contributed by atoms with Crippen molar-refractivity contribution < 1.29 is 19.1 Å². The van der Waals surface area contributed by atoms with Crippen molar-refractivity contribution in [2.45, 2.75) is 56.8 Å². The highest BCUT2D eigenvalue weighted by atomic mass is 16.5. The van der Waals surface area contributed by atoms with Gasteiger partial charge in [0.1, 0.15) is 5.58 Å². The van der Waals surface area contributed by atoms with Crippen LogP contribution in [0.1, 0.15) is 36.8 Å². The Morgan fingerprint density at radius 1 is 1.44 bits per heavy atom. The molecular formula is C20H25NO4. The molecule has 1 saturated heterocycles. The van der Waals surface area contributed by atoms with Crippen LogP contribution in [-0.2, 0) is 16.0 Å². The van der Waals surface area contributed by atoms with Gasteiger partial charge >= 0.3 is 0 Å². The summed E-state index contributed by atoms with van der Waals surface area (Å²) in [6, 6.07) is 6.01. The number of fused-ring (bicyclic) bond motifs is 2. The minimum absolute atomic E-state index is 0.0332. The summed E-state index contributed by atoms with van der Waals surface area (Å²) in [5, 5.41) is 11.1. The molecule has 2 heterocycles. The van der Waals surface area contributed by atoms with E-state index >= 15 is 0 Å². The minimum Gasteiger partial charge on any atom is -0.464 e. The van der Waals surface area contributed by atoms with Gasteiger partial charge in [-0.1, -0.05) is 12.1 Å². The molecule has 1 saturated carbocycles. The van der Waals surface area contributed by atoms with E-state index in [9.17, 15) is 9.90 Å². The first-order valence-corrected chi connectivity index (χ1v) is 9.02. The van der Waals surface area contributed by atoms with Gasteiger partial charge in [-0.25, -0.2) is 0 Å². The van der Waals surface area contributed by atoms with Gasteiger partial charge in [-0.3, -0.25) is 4.79 Å². The molecule has 1 aliphatic carbocycles. The Morgan fingerprint density at radius 3 is 3.08 bits per heavy atom. The van der Waals surface area contributed by atoms with E-state index in [1.165, 1.54) is 0 Å². The third-order valence-electron chi connectivity index (χ3n) is 6.04. The largest absolute Gasteiger partial charge is 0.464 e. The fraction of sp³-hybridized carbons (Fsp3) is 0.550. The molecule has 0 unspecified atom stereocenters. The topological polar surface area (TPSA) is 62.9 Å². The van der Waals surface area contributed by atoms with Gasteiger partial charge in [-0.15, -0.1) is 0 Å². The average molecular weight is 343 g/mol. The standard InChI is InChI=1S/C20H25NO4/c1-13-3-4-16-14(12-25-17(16)9-13)10-19(23)21-8-7-20(24-2)6-5-15(22)11-18(20)21/h3-4,9,12,15,18,22H,5-8,10-11H2,1-2H3/t15-,18-,20+/m0/s1. The molecule has 3 atom stereocenters. The molecule has 2 fully saturated rings. The number of aliphatic hydroxyl groups is 1. The van der Waals surface area contributed by atoms with Crippen molar-refractivity contribution in [3.8, 4) is 0 Å². The Labute approximate surface area is 147 Å². The minimum atomic E-state index is -0.348. The zero-order valence-electron chi connectivity index (χ0n) is 14.8. The molecule has 5 nitrogen and oxygen atoms in total. The van der Waals surface area contributed by atoms with Crippen molar-refractivity contribution in [3.05, 3.63) is 35.6 Å². The van der Waals surface area contributed by atoms with E-state index in [0.29, 0.717) is 19.4 Å². The fourth-order valence-electron chi connectivity index (χ4n) is 4.57. The van der Waals surface area contributed by atoms with Gasteiger partial charge in [0.15, 0.2) is 0 Å². The van der Waals surface area contributed by atoms with Crippen LogP contribution in [0.5, 0.6) is 0 Å². The molecule has 5 heteroatoms. The first-order valence-electron chi connectivity index (χ1n) is 9.02. The van der Waals surface area contributed by atoms with Gasteiger partial charge in [-0.2, -0.15) is 0 Å². The number of carbonyl (C=O) groups excluding carboxylic acids is 1. The Balaban J connectivity index is 1.56. The van der Waals surface area contributed by atoms with E-state index < -0.39 is 0 Å². The number of rotatable bonds is 3. The third-order valence-corrected chi connectivity index (χ3v) is 6.04. The normalized spacial score (nSPS) is 29.2. The second-order valence-corrected chi connectivity index (χ2v) is 7.49. The maximum Gasteiger partial charge on any atom is 0.227 e. The third kappa shape index (κ3) is 2.75. The molecule has 1 aromatic carbocycles. The van der Waals surface area contributed by atoms with E-state index in [4.69, 9.17) is 9.15 Å². The first-order chi connectivity index (χ1) is 12.0. The predicted molar refractivity (Wildman–Crippen MR) is 94.4 cm³/mol. The molecule has 2 aromatic rings. The molecule has 0 spiro atoms. The molecule has 1 N–H and O–H groups in total. The Morgan fingerprint density at radius 2 is 2.28 bits per heavy atom. The van der Waals surface area contributed by atoms with E-state index in [-0.39, 0.29) is 23.7 Å². The van der Waals surface area contributed by atoms with Crippen LogP contribution in [0.3, 0.4) is 0 Å². The highest BCUT2D eigenvalue weighted by molar-refractivity contribution is 5.88. The molecule has 25 heavy (non-hydrogen) atoms. The van der Waals surface area contributed by atoms with Crippen molar-refractivity contribution in [3.63, 3.8) is 0 Å². The molecule has 0 bridgehead atoms. The van der Waals surface area contributed by atoms with Crippen molar-refractivity contribution in [2.24, 2.45) is 0 Å². The van der Waals surface area contributed by atoms with Gasteiger partial charge in [0.2, 0.25) is 5.91 Å². The number of hydrogen-bond acceptors (Lipinski definition) is 4. The number of benzene rings is 1. The number of nitrogens with zero attached hydrogens (tertiary/aromatic N) is 1. The maximum atomic E-state index is 13.0. The molecule has 4 rings (SSSR count). The Hall–Kier alpha value is -1.85. The number of aryl methyl sites for hydroxylation is 1. The molecule has 134 valence electrons. The summed E-state index contributed by atoms with van der Waals surface area (Å²) < 4.78 is 11.4. The smallest absolute Gasteiger partial charge is 0.227 e. The number of likely N-dealkylation sites (tertiary alicyclic amines) is 1. The van der Waals surface area contributed by atoms with Crippen molar-refractivity contribution in [1.29, 1.82) is 0 Å². The zero-order valence-corrected chi connectivity index (χ0v) is 14.8. The number of furan rings is 1. The van der Waals surface area contributed by atoms with Gasteiger partial charge in [0, 0.05) is 24.6 Å². The summed E-state index contributed by atoms with van der Waals surface area (Å²) >= 11 is 0. The molecule has 2 aliphatic rings. The van der Waals surface area contributed by atoms with Gasteiger partial charge in [0.25, 0.3) is 0 Å². The van der Waals surface area contributed by atoms with E-state index in [1.54, 1.807) is 13.4 Å². The van der Waals surface area contributed by atoms with Gasteiger partial charge in [-0.05, 0) is 44.2 Å². The molecule has 1 amide bonds. The molecule has 1 aliphatic heterocycles. The monoisotopic (exact) mass is 343 g/mol. The number of ether oxygens (including phenoxy) is 1. The average Bonchev–Trinajstić information content (AvgIpc) is 3.16. The summed E-state index contributed by atoms with van der Waals surface area (Å²) in [5.74, 6) is 0.0845. The summed E-state index contributed by atoms with van der Waals surface area (Å²) in [5.41, 5.74) is 2.60. The number of hydrogen-bond donors (Lipinski definition) is 1. The van der Waals surface area contributed by atoms with Crippen LogP contribution >= 0.6 is 0 Å². The number of aliphatic hydroxyl groups excluding tert-OH is 1. The van der Waals surface area contributed by atoms with Crippen molar-refractivity contribution >= 4 is 16.9 Å². The summed E-state index contributed by atoms with van der Waals surface area (Å²) in [6.07, 6.45) is 4.67. The summed E-state index contributed by atoms with van der Waals surface area (Å²) in [7, 11) is 1.73. The Bertz CT molecular complexity index is 798. The molecule has 1 aromatic heterocycles. The van der Waals surface area contributed by atoms with Crippen LogP contribution in [0.4, 0.5) is 0 Å². The lowest BCUT2D eigenvalue weighted by Crippen LogP contribution is -2.53. The van der Waals surface area contributed by atoms with Crippen molar-refractivity contribution in [1.82, 2.24) is 4.90 Å². The van der Waals surface area contributed by atoms with E-state index in [1.807, 2.05) is 30.0 Å².